The van der Waals surface area contributed by atoms with Crippen LogP contribution in [0, 0.1) is 0 Å². The Balaban J connectivity index is 0.000000211. The topological polar surface area (TPSA) is 28.7 Å². The Morgan fingerprint density at radius 2 is 2.25 bits per heavy atom. The highest BCUT2D eigenvalue weighted by Crippen LogP contribution is 2.04. The quantitative estimate of drug-likeness (QED) is 0.700. The fourth-order valence-corrected chi connectivity index (χ4v) is 0.530. The zero-order chi connectivity index (χ0) is 9.23. The van der Waals surface area contributed by atoms with E-state index in [1.54, 1.807) is 24.5 Å². The molecule has 0 aliphatic heterocycles. The normalized spacial score (nSPS) is 8.92. The second-order valence-corrected chi connectivity index (χ2v) is 2.76. The van der Waals surface area contributed by atoms with Gasteiger partial charge in [-0.05, 0) is 19.1 Å². The molecule has 0 unspecified atom stereocenters. The van der Waals surface area contributed by atoms with Gasteiger partial charge in [-0.1, -0.05) is 35.4 Å². The summed E-state index contributed by atoms with van der Waals surface area (Å²) < 4.78 is 0.290. The molecule has 0 aliphatic carbocycles. The average molecular weight is 205 g/mol. The van der Waals surface area contributed by atoms with E-state index < -0.39 is 0 Å². The smallest absolute Gasteiger partial charge is 0.106 e. The first-order chi connectivity index (χ1) is 5.77. The van der Waals surface area contributed by atoms with Crippen LogP contribution in [0.1, 0.15) is 6.92 Å². The molecule has 0 aromatic carbocycles. The van der Waals surface area contributed by atoms with E-state index in [4.69, 9.17) is 23.2 Å². The molecule has 0 atom stereocenters. The van der Waals surface area contributed by atoms with Gasteiger partial charge in [-0.2, -0.15) is 5.10 Å². The Kier molecular flexibility index (Phi) is 7.86. The number of nitrogens with one attached hydrogen (secondary N) is 1. The summed E-state index contributed by atoms with van der Waals surface area (Å²) >= 11 is 10.5. The second-order valence-electron chi connectivity index (χ2n) is 1.75. The third-order valence-corrected chi connectivity index (χ3v) is 1.07. The molecule has 1 heterocycles. The van der Waals surface area contributed by atoms with Crippen molar-refractivity contribution >= 4 is 23.2 Å². The minimum Gasteiger partial charge on any atom is -0.286 e. The van der Waals surface area contributed by atoms with E-state index in [0.29, 0.717) is 0 Å². The molecule has 12 heavy (non-hydrogen) atoms. The predicted molar refractivity (Wildman–Crippen MR) is 53.2 cm³/mol. The summed E-state index contributed by atoms with van der Waals surface area (Å²) in [6.07, 6.45) is 8.70. The fraction of sp³-hybridized carbons (Fsp3) is 0.125. The van der Waals surface area contributed by atoms with Crippen molar-refractivity contribution in [2.45, 2.75) is 6.92 Å². The van der Waals surface area contributed by atoms with Crippen LogP contribution in [0.3, 0.4) is 0 Å². The Morgan fingerprint density at radius 1 is 1.50 bits per heavy atom. The fourth-order valence-electron chi connectivity index (χ4n) is 0.384. The van der Waals surface area contributed by atoms with Crippen molar-refractivity contribution in [3.63, 3.8) is 0 Å². The molecule has 2 nitrogen and oxygen atoms in total. The van der Waals surface area contributed by atoms with Crippen LogP contribution in [0.5, 0.6) is 0 Å². The van der Waals surface area contributed by atoms with Crippen LogP contribution in [0.2, 0.25) is 0 Å². The lowest BCUT2D eigenvalue weighted by Crippen LogP contribution is -1.53. The van der Waals surface area contributed by atoms with E-state index >= 15 is 0 Å². The summed E-state index contributed by atoms with van der Waals surface area (Å²) in [6.45, 7) is 1.90. The summed E-state index contributed by atoms with van der Waals surface area (Å²) in [5.74, 6) is 0. The van der Waals surface area contributed by atoms with Crippen LogP contribution in [0.25, 0.3) is 0 Å². The first-order valence-corrected chi connectivity index (χ1v) is 4.10. The maximum absolute atomic E-state index is 5.23. The van der Waals surface area contributed by atoms with Crippen molar-refractivity contribution in [2.75, 3.05) is 0 Å². The van der Waals surface area contributed by atoms with E-state index in [2.05, 4.69) is 10.2 Å². The highest BCUT2D eigenvalue weighted by molar-refractivity contribution is 6.55. The molecule has 1 N–H and O–H groups in total. The lowest BCUT2D eigenvalue weighted by Gasteiger charge is -1.71. The number of H-pyrrole nitrogens is 1. The largest absolute Gasteiger partial charge is 0.286 e. The van der Waals surface area contributed by atoms with Crippen LogP contribution in [-0.4, -0.2) is 10.2 Å². The number of halogens is 2. The van der Waals surface area contributed by atoms with Crippen molar-refractivity contribution in [3.8, 4) is 0 Å². The Morgan fingerprint density at radius 3 is 2.42 bits per heavy atom. The first kappa shape index (κ1) is 11.3. The monoisotopic (exact) mass is 204 g/mol. The number of aromatic amines is 1. The Labute approximate surface area is 81.9 Å². The minimum absolute atomic E-state index is 0.290. The molecule has 0 saturated heterocycles. The van der Waals surface area contributed by atoms with Gasteiger partial charge >= 0.3 is 0 Å². The third kappa shape index (κ3) is 9.27. The Bertz CT molecular complexity index is 206. The number of hydrogen-bond acceptors (Lipinski definition) is 1. The number of rotatable bonds is 1. The molecular formula is C8H10Cl2N2. The predicted octanol–water partition coefficient (Wildman–Crippen LogP) is 3.29. The van der Waals surface area contributed by atoms with E-state index in [0.717, 1.165) is 0 Å². The molecule has 0 aliphatic rings. The second kappa shape index (κ2) is 8.37. The van der Waals surface area contributed by atoms with Crippen molar-refractivity contribution in [1.82, 2.24) is 10.2 Å². The molecule has 0 amide bonds. The van der Waals surface area contributed by atoms with Gasteiger partial charge in [0, 0.05) is 12.4 Å². The first-order valence-electron chi connectivity index (χ1n) is 3.35. The molecule has 1 aromatic heterocycles. The lowest BCUT2D eigenvalue weighted by atomic mass is 10.5. The zero-order valence-corrected chi connectivity index (χ0v) is 8.18. The summed E-state index contributed by atoms with van der Waals surface area (Å²) in [5.41, 5.74) is 0. The van der Waals surface area contributed by atoms with Gasteiger partial charge in [-0.25, -0.2) is 0 Å². The minimum atomic E-state index is 0.290. The zero-order valence-electron chi connectivity index (χ0n) is 6.67. The average Bonchev–Trinajstić information content (AvgIpc) is 2.57. The highest BCUT2D eigenvalue weighted by Gasteiger charge is 1.72. The van der Waals surface area contributed by atoms with Gasteiger partial charge in [-0.15, -0.1) is 0 Å². The van der Waals surface area contributed by atoms with E-state index in [1.165, 1.54) is 0 Å². The molecule has 4 heteroatoms. The lowest BCUT2D eigenvalue weighted by molar-refractivity contribution is 1.09. The number of hydrogen-bond donors (Lipinski definition) is 1. The van der Waals surface area contributed by atoms with Crippen molar-refractivity contribution in [1.29, 1.82) is 0 Å². The standard InChI is InChI=1S/C5H6Cl2.C3H4N2/c1-2-3-4-5(6)7;1-2-4-5-3-1/h2-4H,1H3;1-3H,(H,4,5). The molecule has 0 saturated carbocycles. The maximum atomic E-state index is 5.23. The molecule has 1 aromatic rings. The van der Waals surface area contributed by atoms with E-state index in [1.807, 2.05) is 19.1 Å². The van der Waals surface area contributed by atoms with Gasteiger partial charge in [0.05, 0.1) is 0 Å². The van der Waals surface area contributed by atoms with Crippen LogP contribution >= 0.6 is 23.2 Å². The summed E-state index contributed by atoms with van der Waals surface area (Å²) in [6, 6.07) is 1.83. The maximum Gasteiger partial charge on any atom is 0.106 e. The van der Waals surface area contributed by atoms with Crippen LogP contribution < -0.4 is 0 Å². The highest BCUT2D eigenvalue weighted by atomic mass is 35.5. The van der Waals surface area contributed by atoms with E-state index in [9.17, 15) is 0 Å². The molecule has 1 rings (SSSR count). The van der Waals surface area contributed by atoms with Crippen molar-refractivity contribution < 1.29 is 0 Å². The van der Waals surface area contributed by atoms with E-state index in [-0.39, 0.29) is 4.49 Å². The van der Waals surface area contributed by atoms with Crippen molar-refractivity contribution in [2.24, 2.45) is 0 Å². The molecule has 66 valence electrons. The summed E-state index contributed by atoms with van der Waals surface area (Å²) in [7, 11) is 0. The van der Waals surface area contributed by atoms with Crippen LogP contribution in [0.4, 0.5) is 0 Å². The molecular weight excluding hydrogens is 195 g/mol. The number of allylic oxidation sites excluding steroid dienone is 3. The van der Waals surface area contributed by atoms with Crippen LogP contribution in [0.15, 0.2) is 41.2 Å². The van der Waals surface area contributed by atoms with Gasteiger partial charge in [0.2, 0.25) is 0 Å². The SMILES string of the molecule is CC=CC=C(Cl)Cl.c1cn[nH]c1. The molecule has 0 radical (unpaired) electrons. The summed E-state index contributed by atoms with van der Waals surface area (Å²) in [4.78, 5) is 0. The number of aromatic nitrogens is 2. The molecule has 0 bridgehead atoms. The molecule has 0 spiro atoms. The van der Waals surface area contributed by atoms with Gasteiger partial charge in [0.1, 0.15) is 4.49 Å². The number of nitrogens with zero attached hydrogens (tertiary/aromatic N) is 1. The summed E-state index contributed by atoms with van der Waals surface area (Å²) in [5, 5.41) is 6.21. The Hall–Kier alpha value is -0.730. The van der Waals surface area contributed by atoms with Gasteiger partial charge in [0.25, 0.3) is 0 Å². The van der Waals surface area contributed by atoms with Crippen molar-refractivity contribution in [3.05, 3.63) is 41.2 Å². The molecule has 0 fully saturated rings. The third-order valence-electron chi connectivity index (χ3n) is 0.821. The van der Waals surface area contributed by atoms with Gasteiger partial charge in [0.15, 0.2) is 0 Å². The van der Waals surface area contributed by atoms with Crippen LogP contribution in [-0.2, 0) is 0 Å². The van der Waals surface area contributed by atoms with Gasteiger partial charge < -0.3 is 0 Å². The van der Waals surface area contributed by atoms with Gasteiger partial charge in [-0.3, -0.25) is 5.10 Å².